The van der Waals surface area contributed by atoms with Crippen molar-refractivity contribution in [2.45, 2.75) is 19.8 Å². The number of thioether (sulfide) groups is 1. The first-order valence-corrected chi connectivity index (χ1v) is 12.0. The molecule has 9 heteroatoms. The Morgan fingerprint density at radius 1 is 1.28 bits per heavy atom. The molecule has 0 unspecified atom stereocenters. The quantitative estimate of drug-likeness (QED) is 0.336. The van der Waals surface area contributed by atoms with E-state index in [2.05, 4.69) is 23.3 Å². The second-order valence-corrected chi connectivity index (χ2v) is 8.96. The first-order chi connectivity index (χ1) is 17.3. The van der Waals surface area contributed by atoms with Crippen LogP contribution in [0.1, 0.15) is 24.0 Å². The average molecular weight is 506 g/mol. The van der Waals surface area contributed by atoms with Gasteiger partial charge in [-0.3, -0.25) is 4.79 Å². The van der Waals surface area contributed by atoms with Crippen LogP contribution in [0.5, 0.6) is 11.5 Å². The molecule has 0 saturated carbocycles. The number of hydrogen-bond acceptors (Lipinski definition) is 8. The maximum Gasteiger partial charge on any atom is 0.337 e. The van der Waals surface area contributed by atoms with Gasteiger partial charge in [0.05, 0.1) is 41.0 Å². The van der Waals surface area contributed by atoms with Crippen LogP contribution in [0, 0.1) is 18.3 Å². The maximum atomic E-state index is 13.0. The molecule has 1 aliphatic rings. The molecule has 1 heterocycles. The number of hydrogen-bond donors (Lipinski definition) is 3. The van der Waals surface area contributed by atoms with Gasteiger partial charge in [-0.15, -0.1) is 0 Å². The third-order valence-corrected chi connectivity index (χ3v) is 6.40. The van der Waals surface area contributed by atoms with Crippen molar-refractivity contribution in [2.24, 2.45) is 0 Å². The highest BCUT2D eigenvalue weighted by Gasteiger charge is 2.36. The first kappa shape index (κ1) is 26.4. The fraction of sp³-hybridized carbons (Fsp3) is 0.222. The summed E-state index contributed by atoms with van der Waals surface area (Å²) < 4.78 is 10.5. The Morgan fingerprint density at radius 3 is 2.72 bits per heavy atom. The Kier molecular flexibility index (Phi) is 8.81. The number of anilines is 1. The zero-order valence-electron chi connectivity index (χ0n) is 20.3. The zero-order chi connectivity index (χ0) is 26.2. The van der Waals surface area contributed by atoms with Crippen molar-refractivity contribution >= 4 is 29.3 Å². The lowest BCUT2D eigenvalue weighted by Crippen LogP contribution is -2.29. The number of nitriles is 1. The summed E-state index contributed by atoms with van der Waals surface area (Å²) in [4.78, 5) is 25.6. The van der Waals surface area contributed by atoms with Crippen LogP contribution in [0.3, 0.4) is 0 Å². The van der Waals surface area contributed by atoms with E-state index >= 15 is 0 Å². The summed E-state index contributed by atoms with van der Waals surface area (Å²) >= 11 is 1.16. The van der Waals surface area contributed by atoms with Crippen LogP contribution in [-0.2, 0) is 14.3 Å². The molecular weight excluding hydrogens is 478 g/mol. The summed E-state index contributed by atoms with van der Waals surface area (Å²) in [6.07, 6.45) is 1.46. The van der Waals surface area contributed by atoms with Crippen molar-refractivity contribution < 1.29 is 24.2 Å². The van der Waals surface area contributed by atoms with E-state index in [1.54, 1.807) is 25.1 Å². The van der Waals surface area contributed by atoms with Gasteiger partial charge in [0.2, 0.25) is 5.91 Å². The molecule has 0 aromatic heterocycles. The number of rotatable bonds is 9. The lowest BCUT2D eigenvalue weighted by molar-refractivity contribution is -0.138. The summed E-state index contributed by atoms with van der Waals surface area (Å²) in [6.45, 7) is 7.22. The van der Waals surface area contributed by atoms with Gasteiger partial charge in [0.25, 0.3) is 0 Å². The normalized spacial score (nSPS) is 15.0. The number of phenolic OH excluding ortho intramolecular Hbond substituents is 1. The van der Waals surface area contributed by atoms with E-state index in [1.807, 2.05) is 25.1 Å². The molecule has 0 radical (unpaired) electrons. The van der Waals surface area contributed by atoms with Crippen molar-refractivity contribution in [3.63, 3.8) is 0 Å². The number of amides is 1. The van der Waals surface area contributed by atoms with Crippen LogP contribution in [0.25, 0.3) is 0 Å². The van der Waals surface area contributed by atoms with Crippen molar-refractivity contribution in [3.8, 4) is 17.6 Å². The SMILES string of the molecule is C=CCOC(=O)C1=C(C)NC(SCC(=O)Nc2cccc(C)c2)=C(C#N)[C@@H]1c1ccc(O)c(OC)c1. The van der Waals surface area contributed by atoms with E-state index in [0.29, 0.717) is 22.0 Å². The highest BCUT2D eigenvalue weighted by atomic mass is 32.2. The van der Waals surface area contributed by atoms with Gasteiger partial charge in [-0.1, -0.05) is 42.6 Å². The maximum absolute atomic E-state index is 13.0. The number of nitrogens with one attached hydrogen (secondary N) is 2. The number of methoxy groups -OCH3 is 1. The van der Waals surface area contributed by atoms with Crippen LogP contribution in [0.2, 0.25) is 0 Å². The summed E-state index contributed by atoms with van der Waals surface area (Å²) in [7, 11) is 1.41. The number of benzene rings is 2. The number of aromatic hydroxyl groups is 1. The molecule has 2 aromatic carbocycles. The molecule has 1 aliphatic heterocycles. The van der Waals surface area contributed by atoms with Crippen molar-refractivity contribution in [1.82, 2.24) is 5.32 Å². The second kappa shape index (κ2) is 12.0. The van der Waals surface area contributed by atoms with Crippen molar-refractivity contribution in [2.75, 3.05) is 24.8 Å². The summed E-state index contributed by atoms with van der Waals surface area (Å²) in [5, 5.41) is 26.6. The van der Waals surface area contributed by atoms with E-state index in [4.69, 9.17) is 9.47 Å². The number of phenols is 1. The third-order valence-electron chi connectivity index (χ3n) is 5.39. The third kappa shape index (κ3) is 6.09. The van der Waals surface area contributed by atoms with E-state index < -0.39 is 11.9 Å². The van der Waals surface area contributed by atoms with Gasteiger partial charge in [0.1, 0.15) is 6.61 Å². The fourth-order valence-corrected chi connectivity index (χ4v) is 4.67. The molecule has 186 valence electrons. The van der Waals surface area contributed by atoms with Crippen molar-refractivity contribution in [3.05, 3.63) is 88.1 Å². The molecule has 8 nitrogen and oxygen atoms in total. The molecule has 0 fully saturated rings. The lowest BCUT2D eigenvalue weighted by Gasteiger charge is -2.29. The zero-order valence-corrected chi connectivity index (χ0v) is 21.1. The Morgan fingerprint density at radius 2 is 2.06 bits per heavy atom. The Labute approximate surface area is 214 Å². The molecule has 36 heavy (non-hydrogen) atoms. The van der Waals surface area contributed by atoms with Gasteiger partial charge in [-0.2, -0.15) is 5.26 Å². The largest absolute Gasteiger partial charge is 0.504 e. The molecule has 3 rings (SSSR count). The highest BCUT2D eigenvalue weighted by Crippen LogP contribution is 2.43. The number of aryl methyl sites for hydroxylation is 1. The van der Waals surface area contributed by atoms with Gasteiger partial charge in [-0.25, -0.2) is 4.79 Å². The van der Waals surface area contributed by atoms with Gasteiger partial charge in [0, 0.05) is 11.4 Å². The van der Waals surface area contributed by atoms with Gasteiger partial charge in [-0.05, 0) is 49.2 Å². The number of allylic oxidation sites excluding steroid dienone is 2. The van der Waals surface area contributed by atoms with E-state index in [0.717, 1.165) is 17.3 Å². The number of carbonyl (C=O) groups is 2. The molecular formula is C27H27N3O5S. The standard InChI is InChI=1S/C27H27N3O5S/c1-5-11-35-27(33)24-17(3)29-26(36-15-23(32)30-19-8-6-7-16(2)12-19)20(14-28)25(24)18-9-10-21(31)22(13-18)34-4/h5-10,12-13,25,29,31H,1,11,15H2,2-4H3,(H,30,32)/t25-/m0/s1. The number of ether oxygens (including phenoxy) is 2. The van der Waals surface area contributed by atoms with Crippen LogP contribution in [0.15, 0.2) is 77.0 Å². The van der Waals surface area contributed by atoms with Gasteiger partial charge < -0.3 is 25.2 Å². The van der Waals surface area contributed by atoms with Gasteiger partial charge >= 0.3 is 5.97 Å². The molecule has 2 aromatic rings. The van der Waals surface area contributed by atoms with Crippen LogP contribution >= 0.6 is 11.8 Å². The predicted molar refractivity (Wildman–Crippen MR) is 139 cm³/mol. The molecule has 0 bridgehead atoms. The molecule has 0 spiro atoms. The fourth-order valence-electron chi connectivity index (χ4n) is 3.77. The second-order valence-electron chi connectivity index (χ2n) is 7.98. The van der Waals surface area contributed by atoms with Crippen LogP contribution in [-0.4, -0.2) is 36.5 Å². The van der Waals surface area contributed by atoms with E-state index in [9.17, 15) is 20.0 Å². The number of dihydropyridines is 1. The highest BCUT2D eigenvalue weighted by molar-refractivity contribution is 8.03. The predicted octanol–water partition coefficient (Wildman–Crippen LogP) is 4.51. The van der Waals surface area contributed by atoms with Gasteiger partial charge in [0.15, 0.2) is 11.5 Å². The van der Waals surface area contributed by atoms with E-state index in [1.165, 1.54) is 19.3 Å². The smallest absolute Gasteiger partial charge is 0.337 e. The molecule has 1 atom stereocenters. The lowest BCUT2D eigenvalue weighted by atomic mass is 9.82. The Balaban J connectivity index is 1.95. The molecule has 0 saturated heterocycles. The van der Waals surface area contributed by atoms with Crippen molar-refractivity contribution in [1.29, 1.82) is 5.26 Å². The van der Waals surface area contributed by atoms with Crippen LogP contribution < -0.4 is 15.4 Å². The minimum atomic E-state index is -0.801. The molecule has 3 N–H and O–H groups in total. The molecule has 1 amide bonds. The summed E-state index contributed by atoms with van der Waals surface area (Å²) in [6, 6.07) is 14.3. The Hall–Kier alpha value is -4.16. The number of esters is 1. The number of nitrogens with zero attached hydrogens (tertiary/aromatic N) is 1. The monoisotopic (exact) mass is 505 g/mol. The van der Waals surface area contributed by atoms with Crippen LogP contribution in [0.4, 0.5) is 5.69 Å². The number of carbonyl (C=O) groups excluding carboxylic acids is 2. The topological polar surface area (TPSA) is 121 Å². The van der Waals surface area contributed by atoms with E-state index in [-0.39, 0.29) is 40.9 Å². The average Bonchev–Trinajstić information content (AvgIpc) is 2.85. The summed E-state index contributed by atoms with van der Waals surface area (Å²) in [5.41, 5.74) is 3.23. The minimum Gasteiger partial charge on any atom is -0.504 e. The summed E-state index contributed by atoms with van der Waals surface area (Å²) in [5.74, 6) is -1.48. The first-order valence-electron chi connectivity index (χ1n) is 11.0. The minimum absolute atomic E-state index is 0.00751. The Bertz CT molecular complexity index is 1290. The molecule has 0 aliphatic carbocycles.